The smallest absolute Gasteiger partial charge is 0.391 e. The Labute approximate surface area is 147 Å². The van der Waals surface area contributed by atoms with Crippen molar-refractivity contribution in [2.75, 3.05) is 0 Å². The van der Waals surface area contributed by atoms with E-state index in [0.29, 0.717) is 5.69 Å². The summed E-state index contributed by atoms with van der Waals surface area (Å²) in [6.07, 6.45) is -5.16. The van der Waals surface area contributed by atoms with Crippen LogP contribution in [0.25, 0.3) is 5.69 Å². The van der Waals surface area contributed by atoms with Gasteiger partial charge in [0, 0.05) is 0 Å². The maximum absolute atomic E-state index is 12.5. The molecule has 140 valence electrons. The lowest BCUT2D eigenvalue weighted by Gasteiger charge is -2.16. The van der Waals surface area contributed by atoms with E-state index < -0.39 is 30.5 Å². The molecule has 6 nitrogen and oxygen atoms in total. The molecule has 9 heteroatoms. The Bertz CT molecular complexity index is 844. The maximum atomic E-state index is 12.5. The largest absolute Gasteiger partial charge is 0.480 e. The number of carbonyl (C=O) groups excluding carboxylic acids is 1. The van der Waals surface area contributed by atoms with Gasteiger partial charge >= 0.3 is 12.1 Å². The molecule has 1 heterocycles. The number of rotatable bonds is 5. The summed E-state index contributed by atoms with van der Waals surface area (Å²) in [5, 5.41) is 14.9. The number of carboxylic acids is 1. The van der Waals surface area contributed by atoms with Crippen molar-refractivity contribution < 1.29 is 27.9 Å². The Morgan fingerprint density at radius 3 is 2.50 bits per heavy atom. The standard InChI is InChI=1S/C17H18F3N3O3/c1-9-4-5-10(2)14(6-9)23-11(3)12(8-21-23)15(24)22-13(16(25)26)7-17(18,19)20/h4-6,8,13H,7H2,1-3H3,(H,22,24)(H,25,26). The number of carbonyl (C=O) groups is 2. The van der Waals surface area contributed by atoms with Gasteiger partial charge in [0.25, 0.3) is 5.91 Å². The summed E-state index contributed by atoms with van der Waals surface area (Å²) in [4.78, 5) is 23.3. The fourth-order valence-corrected chi connectivity index (χ4v) is 2.49. The highest BCUT2D eigenvalue weighted by Crippen LogP contribution is 2.23. The molecular weight excluding hydrogens is 351 g/mol. The molecule has 0 radical (unpaired) electrons. The first-order valence-corrected chi connectivity index (χ1v) is 7.72. The fraction of sp³-hybridized carbons (Fsp3) is 0.353. The zero-order valence-corrected chi connectivity index (χ0v) is 14.4. The summed E-state index contributed by atoms with van der Waals surface area (Å²) in [6, 6.07) is 3.60. The second-order valence-corrected chi connectivity index (χ2v) is 6.03. The monoisotopic (exact) mass is 369 g/mol. The van der Waals surface area contributed by atoms with Gasteiger partial charge in [-0.3, -0.25) is 4.79 Å². The van der Waals surface area contributed by atoms with Crippen LogP contribution in [0.3, 0.4) is 0 Å². The Morgan fingerprint density at radius 1 is 1.27 bits per heavy atom. The molecule has 1 aromatic carbocycles. The van der Waals surface area contributed by atoms with Crippen molar-refractivity contribution in [3.63, 3.8) is 0 Å². The second-order valence-electron chi connectivity index (χ2n) is 6.03. The molecule has 0 saturated heterocycles. The minimum Gasteiger partial charge on any atom is -0.480 e. The van der Waals surface area contributed by atoms with Crippen molar-refractivity contribution in [2.45, 2.75) is 39.4 Å². The van der Waals surface area contributed by atoms with Gasteiger partial charge < -0.3 is 10.4 Å². The Balaban J connectivity index is 2.30. The maximum Gasteiger partial charge on any atom is 0.391 e. The number of hydrogen-bond acceptors (Lipinski definition) is 3. The van der Waals surface area contributed by atoms with Crippen molar-refractivity contribution in [2.24, 2.45) is 0 Å². The number of benzene rings is 1. The zero-order valence-electron chi connectivity index (χ0n) is 14.4. The van der Waals surface area contributed by atoms with Gasteiger partial charge in [-0.15, -0.1) is 0 Å². The predicted octanol–water partition coefficient (Wildman–Crippen LogP) is 2.93. The third-order valence-electron chi connectivity index (χ3n) is 3.89. The first kappa shape index (κ1) is 19.5. The lowest BCUT2D eigenvalue weighted by Crippen LogP contribution is -2.43. The number of alkyl halides is 3. The van der Waals surface area contributed by atoms with Gasteiger partial charge in [0.1, 0.15) is 6.04 Å². The van der Waals surface area contributed by atoms with E-state index in [2.05, 4.69) is 5.10 Å². The topological polar surface area (TPSA) is 84.2 Å². The third kappa shape index (κ3) is 4.41. The molecular formula is C17H18F3N3O3. The van der Waals surface area contributed by atoms with E-state index in [0.717, 1.165) is 16.8 Å². The molecule has 2 N–H and O–H groups in total. The van der Waals surface area contributed by atoms with Crippen molar-refractivity contribution >= 4 is 11.9 Å². The Morgan fingerprint density at radius 2 is 1.92 bits per heavy atom. The molecule has 26 heavy (non-hydrogen) atoms. The van der Waals surface area contributed by atoms with E-state index in [9.17, 15) is 22.8 Å². The lowest BCUT2D eigenvalue weighted by molar-refractivity contribution is -0.157. The summed E-state index contributed by atoms with van der Waals surface area (Å²) in [7, 11) is 0. The average Bonchev–Trinajstić information content (AvgIpc) is 2.89. The first-order chi connectivity index (χ1) is 12.0. The summed E-state index contributed by atoms with van der Waals surface area (Å²) in [5.74, 6) is -2.68. The van der Waals surface area contributed by atoms with Gasteiger partial charge in [0.05, 0.1) is 29.6 Å². The Kier molecular flexibility index (Phi) is 5.38. The van der Waals surface area contributed by atoms with Gasteiger partial charge in [0.15, 0.2) is 0 Å². The van der Waals surface area contributed by atoms with E-state index in [-0.39, 0.29) is 5.56 Å². The number of aryl methyl sites for hydroxylation is 2. The van der Waals surface area contributed by atoms with Crippen LogP contribution < -0.4 is 5.32 Å². The number of amides is 1. The summed E-state index contributed by atoms with van der Waals surface area (Å²) >= 11 is 0. The predicted molar refractivity (Wildman–Crippen MR) is 87.3 cm³/mol. The van der Waals surface area contributed by atoms with Crippen molar-refractivity contribution in [1.82, 2.24) is 15.1 Å². The highest BCUT2D eigenvalue weighted by molar-refractivity contribution is 5.97. The number of aromatic nitrogens is 2. The van der Waals surface area contributed by atoms with Gasteiger partial charge in [-0.1, -0.05) is 12.1 Å². The van der Waals surface area contributed by atoms with Gasteiger partial charge in [-0.2, -0.15) is 18.3 Å². The summed E-state index contributed by atoms with van der Waals surface area (Å²) < 4.78 is 38.9. The molecule has 1 unspecified atom stereocenters. The molecule has 0 bridgehead atoms. The molecule has 2 rings (SSSR count). The molecule has 1 aromatic heterocycles. The molecule has 1 atom stereocenters. The van der Waals surface area contributed by atoms with Gasteiger partial charge in [-0.05, 0) is 38.0 Å². The van der Waals surface area contributed by atoms with Crippen LogP contribution in [0.5, 0.6) is 0 Å². The lowest BCUT2D eigenvalue weighted by atomic mass is 10.1. The molecule has 0 aliphatic carbocycles. The third-order valence-corrected chi connectivity index (χ3v) is 3.89. The number of nitrogens with one attached hydrogen (secondary N) is 1. The van der Waals surface area contributed by atoms with Crippen LogP contribution in [-0.2, 0) is 4.79 Å². The van der Waals surface area contributed by atoms with Crippen molar-refractivity contribution in [1.29, 1.82) is 0 Å². The van der Waals surface area contributed by atoms with E-state index in [1.54, 1.807) is 6.92 Å². The van der Waals surface area contributed by atoms with E-state index >= 15 is 0 Å². The summed E-state index contributed by atoms with van der Waals surface area (Å²) in [6.45, 7) is 5.34. The molecule has 2 aromatic rings. The van der Waals surface area contributed by atoms with Crippen molar-refractivity contribution in [3.8, 4) is 5.69 Å². The minimum absolute atomic E-state index is 0.0133. The SMILES string of the molecule is Cc1ccc(C)c(-n2ncc(C(=O)NC(CC(F)(F)F)C(=O)O)c2C)c1. The number of hydrogen-bond donors (Lipinski definition) is 2. The molecule has 0 aliphatic rings. The zero-order chi connectivity index (χ0) is 19.6. The van der Waals surface area contributed by atoms with E-state index in [4.69, 9.17) is 5.11 Å². The second kappa shape index (κ2) is 7.19. The van der Waals surface area contributed by atoms with Crippen LogP contribution in [0.15, 0.2) is 24.4 Å². The van der Waals surface area contributed by atoms with E-state index in [1.165, 1.54) is 10.9 Å². The van der Waals surface area contributed by atoms with Crippen LogP contribution in [0.2, 0.25) is 0 Å². The van der Waals surface area contributed by atoms with Crippen LogP contribution in [0.1, 0.15) is 33.6 Å². The highest BCUT2D eigenvalue weighted by atomic mass is 19.4. The average molecular weight is 369 g/mol. The van der Waals surface area contributed by atoms with Gasteiger partial charge in [-0.25, -0.2) is 9.48 Å². The number of halogens is 3. The Hall–Kier alpha value is -2.84. The molecule has 0 spiro atoms. The number of nitrogens with zero attached hydrogens (tertiary/aromatic N) is 2. The van der Waals surface area contributed by atoms with Crippen molar-refractivity contribution in [3.05, 3.63) is 46.8 Å². The number of aliphatic carboxylic acids is 1. The molecule has 0 aliphatic heterocycles. The molecule has 0 saturated carbocycles. The van der Waals surface area contributed by atoms with Crippen LogP contribution in [0, 0.1) is 20.8 Å². The van der Waals surface area contributed by atoms with Crippen LogP contribution in [-0.4, -0.2) is 39.0 Å². The fourth-order valence-electron chi connectivity index (χ4n) is 2.49. The normalized spacial score (nSPS) is 12.7. The number of carboxylic acid groups (broad SMARTS) is 1. The highest BCUT2D eigenvalue weighted by Gasteiger charge is 2.36. The van der Waals surface area contributed by atoms with Crippen LogP contribution in [0.4, 0.5) is 13.2 Å². The van der Waals surface area contributed by atoms with Crippen LogP contribution >= 0.6 is 0 Å². The molecule has 0 fully saturated rings. The van der Waals surface area contributed by atoms with Gasteiger partial charge in [0.2, 0.25) is 0 Å². The summed E-state index contributed by atoms with van der Waals surface area (Å²) in [5.41, 5.74) is 3.01. The van der Waals surface area contributed by atoms with E-state index in [1.807, 2.05) is 37.4 Å². The quantitative estimate of drug-likeness (QED) is 0.849. The molecule has 1 amide bonds. The minimum atomic E-state index is -4.71. The first-order valence-electron chi connectivity index (χ1n) is 7.72.